The van der Waals surface area contributed by atoms with Gasteiger partial charge in [-0.25, -0.2) is 9.18 Å². The van der Waals surface area contributed by atoms with Crippen molar-refractivity contribution in [2.45, 2.75) is 31.3 Å². The summed E-state index contributed by atoms with van der Waals surface area (Å²) >= 11 is 7.61. The largest absolute Gasteiger partial charge is 0.481 e. The number of anilines is 1. The number of carbonyl (C=O) groups excluding carboxylic acids is 1. The van der Waals surface area contributed by atoms with Crippen LogP contribution in [0.5, 0.6) is 0 Å². The van der Waals surface area contributed by atoms with Gasteiger partial charge in [0.1, 0.15) is 11.9 Å². The molecule has 0 saturated heterocycles. The number of carboxylic acid groups (broad SMARTS) is 1. The summed E-state index contributed by atoms with van der Waals surface area (Å²) in [6.07, 6.45) is 0.150. The van der Waals surface area contributed by atoms with Gasteiger partial charge in [0.05, 0.1) is 20.3 Å². The molecule has 37 heavy (non-hydrogen) atoms. The Labute approximate surface area is 222 Å². The lowest BCUT2D eigenvalue weighted by molar-refractivity contribution is -0.140. The van der Waals surface area contributed by atoms with E-state index in [-0.39, 0.29) is 5.82 Å². The third-order valence-electron chi connectivity index (χ3n) is 6.64. The molecule has 5 nitrogen and oxygen atoms in total. The van der Waals surface area contributed by atoms with E-state index in [1.807, 2.05) is 48.5 Å². The molecule has 1 saturated carbocycles. The van der Waals surface area contributed by atoms with E-state index < -0.39 is 23.6 Å². The molecule has 0 bridgehead atoms. The lowest BCUT2D eigenvalue weighted by Crippen LogP contribution is -2.19. The minimum absolute atomic E-state index is 0.356. The standard InChI is InChI=1S/C29H23ClFNO4S/c1-17(18-8-12-23(31)13-9-18)36-28(35)32-24-16-25(30)37-26(24)21-4-2-19(3-5-21)20-6-10-22(11-7-20)29(14-15-29)27(33)34/h2-13,16-17H,14-15H2,1H3,(H,32,35)(H,33,34). The van der Waals surface area contributed by atoms with Gasteiger partial charge in [-0.05, 0) is 65.8 Å². The number of amides is 1. The Bertz CT molecular complexity index is 1450. The summed E-state index contributed by atoms with van der Waals surface area (Å²) in [5.74, 6) is -1.12. The van der Waals surface area contributed by atoms with Crippen LogP contribution in [0.25, 0.3) is 21.6 Å². The van der Waals surface area contributed by atoms with Gasteiger partial charge in [0, 0.05) is 0 Å². The van der Waals surface area contributed by atoms with Crippen LogP contribution in [0.2, 0.25) is 4.34 Å². The monoisotopic (exact) mass is 535 g/mol. The summed E-state index contributed by atoms with van der Waals surface area (Å²) in [6.45, 7) is 1.71. The summed E-state index contributed by atoms with van der Waals surface area (Å²) in [7, 11) is 0. The van der Waals surface area contributed by atoms with Crippen molar-refractivity contribution in [3.05, 3.63) is 100 Å². The number of carboxylic acids is 1. The molecule has 4 aromatic rings. The van der Waals surface area contributed by atoms with Crippen molar-refractivity contribution in [1.82, 2.24) is 0 Å². The first kappa shape index (κ1) is 25.0. The zero-order chi connectivity index (χ0) is 26.2. The second-order valence-corrected chi connectivity index (χ2v) is 10.7. The van der Waals surface area contributed by atoms with Crippen LogP contribution in [0.3, 0.4) is 0 Å². The predicted molar refractivity (Wildman–Crippen MR) is 144 cm³/mol. The summed E-state index contributed by atoms with van der Waals surface area (Å²) in [4.78, 5) is 24.9. The van der Waals surface area contributed by atoms with E-state index in [1.54, 1.807) is 25.1 Å². The second kappa shape index (κ2) is 10.00. The second-order valence-electron chi connectivity index (χ2n) is 9.06. The van der Waals surface area contributed by atoms with E-state index in [0.29, 0.717) is 28.4 Å². The van der Waals surface area contributed by atoms with Crippen molar-refractivity contribution in [2.75, 3.05) is 5.32 Å². The Morgan fingerprint density at radius 1 is 0.973 bits per heavy atom. The number of aliphatic carboxylic acids is 1. The third kappa shape index (κ3) is 5.24. The zero-order valence-corrected chi connectivity index (χ0v) is 21.4. The van der Waals surface area contributed by atoms with Gasteiger partial charge in [-0.3, -0.25) is 10.1 Å². The predicted octanol–water partition coefficient (Wildman–Crippen LogP) is 8.30. The molecular formula is C29H23ClFNO4S. The molecule has 0 radical (unpaired) electrons. The highest BCUT2D eigenvalue weighted by atomic mass is 35.5. The summed E-state index contributed by atoms with van der Waals surface area (Å²) in [5.41, 5.74) is 4.18. The molecule has 1 aromatic heterocycles. The molecule has 2 N–H and O–H groups in total. The SMILES string of the molecule is CC(OC(=O)Nc1cc(Cl)sc1-c1ccc(-c2ccc(C3(C(=O)O)CC3)cc2)cc1)c1ccc(F)cc1. The van der Waals surface area contributed by atoms with Crippen molar-refractivity contribution < 1.29 is 23.8 Å². The Kier molecular flexibility index (Phi) is 6.75. The molecule has 1 unspecified atom stereocenters. The van der Waals surface area contributed by atoms with Crippen LogP contribution >= 0.6 is 22.9 Å². The lowest BCUT2D eigenvalue weighted by Gasteiger charge is -2.14. The van der Waals surface area contributed by atoms with Gasteiger partial charge in [0.2, 0.25) is 0 Å². The fraction of sp³-hybridized carbons (Fsp3) is 0.172. The Morgan fingerprint density at radius 3 is 2.11 bits per heavy atom. The molecule has 1 aliphatic carbocycles. The number of halogens is 2. The van der Waals surface area contributed by atoms with Gasteiger partial charge in [0.25, 0.3) is 0 Å². The van der Waals surface area contributed by atoms with E-state index in [2.05, 4.69) is 5.32 Å². The average Bonchev–Trinajstić information content (AvgIpc) is 3.63. The normalized spacial score (nSPS) is 14.6. The highest BCUT2D eigenvalue weighted by Gasteiger charge is 2.51. The quantitative estimate of drug-likeness (QED) is 0.249. The number of nitrogens with one attached hydrogen (secondary N) is 1. The zero-order valence-electron chi connectivity index (χ0n) is 19.8. The number of rotatable bonds is 7. The third-order valence-corrected chi connectivity index (χ3v) is 7.95. The van der Waals surface area contributed by atoms with Gasteiger partial charge >= 0.3 is 12.1 Å². The first-order valence-corrected chi connectivity index (χ1v) is 12.9. The lowest BCUT2D eigenvalue weighted by atomic mass is 9.93. The van der Waals surface area contributed by atoms with E-state index in [4.69, 9.17) is 16.3 Å². The number of hydrogen-bond donors (Lipinski definition) is 2. The minimum Gasteiger partial charge on any atom is -0.481 e. The maximum atomic E-state index is 13.2. The maximum Gasteiger partial charge on any atom is 0.412 e. The van der Waals surface area contributed by atoms with Gasteiger partial charge in [-0.15, -0.1) is 11.3 Å². The van der Waals surface area contributed by atoms with Crippen LogP contribution in [0.15, 0.2) is 78.9 Å². The first-order chi connectivity index (χ1) is 17.7. The number of thiophene rings is 1. The summed E-state index contributed by atoms with van der Waals surface area (Å²) in [6, 6.07) is 23.0. The fourth-order valence-corrected chi connectivity index (χ4v) is 5.50. The van der Waals surface area contributed by atoms with Gasteiger partial charge in [0.15, 0.2) is 0 Å². The maximum absolute atomic E-state index is 13.2. The van der Waals surface area contributed by atoms with Crippen LogP contribution in [-0.4, -0.2) is 17.2 Å². The van der Waals surface area contributed by atoms with E-state index >= 15 is 0 Å². The van der Waals surface area contributed by atoms with Crippen LogP contribution in [0, 0.1) is 5.82 Å². The van der Waals surface area contributed by atoms with Crippen LogP contribution in [0.4, 0.5) is 14.9 Å². The van der Waals surface area contributed by atoms with Crippen LogP contribution in [-0.2, 0) is 14.9 Å². The van der Waals surface area contributed by atoms with Crippen LogP contribution < -0.4 is 5.32 Å². The molecule has 1 fully saturated rings. The smallest absolute Gasteiger partial charge is 0.412 e. The molecule has 188 valence electrons. The number of ether oxygens (including phenoxy) is 1. The van der Waals surface area contributed by atoms with Crippen molar-refractivity contribution in [1.29, 1.82) is 0 Å². The molecular weight excluding hydrogens is 513 g/mol. The van der Waals surface area contributed by atoms with E-state index in [0.717, 1.165) is 27.1 Å². The molecule has 0 aliphatic heterocycles. The molecule has 0 spiro atoms. The molecule has 1 atom stereocenters. The first-order valence-electron chi connectivity index (χ1n) is 11.7. The molecule has 1 amide bonds. The van der Waals surface area contributed by atoms with E-state index in [9.17, 15) is 19.1 Å². The molecule has 1 heterocycles. The van der Waals surface area contributed by atoms with Crippen LogP contribution in [0.1, 0.15) is 37.0 Å². The van der Waals surface area contributed by atoms with Gasteiger partial charge < -0.3 is 9.84 Å². The Hall–Kier alpha value is -3.68. The average molecular weight is 536 g/mol. The molecule has 1 aliphatic rings. The highest BCUT2D eigenvalue weighted by Crippen LogP contribution is 2.48. The summed E-state index contributed by atoms with van der Waals surface area (Å²) < 4.78 is 19.1. The Morgan fingerprint density at radius 2 is 1.54 bits per heavy atom. The van der Waals surface area contributed by atoms with E-state index in [1.165, 1.54) is 23.5 Å². The summed E-state index contributed by atoms with van der Waals surface area (Å²) in [5, 5.41) is 12.3. The van der Waals surface area contributed by atoms with Gasteiger partial charge in [-0.2, -0.15) is 0 Å². The minimum atomic E-state index is -0.766. The topological polar surface area (TPSA) is 75.6 Å². The number of hydrogen-bond acceptors (Lipinski definition) is 4. The number of carbonyl (C=O) groups is 2. The highest BCUT2D eigenvalue weighted by molar-refractivity contribution is 7.20. The molecule has 8 heteroatoms. The molecule has 5 rings (SSSR count). The Balaban J connectivity index is 1.29. The van der Waals surface area contributed by atoms with Crippen molar-refractivity contribution in [3.63, 3.8) is 0 Å². The molecule has 3 aromatic carbocycles. The van der Waals surface area contributed by atoms with Crippen molar-refractivity contribution in [2.24, 2.45) is 0 Å². The number of benzene rings is 3. The fourth-order valence-electron chi connectivity index (χ4n) is 4.32. The van der Waals surface area contributed by atoms with Crippen molar-refractivity contribution >= 4 is 40.7 Å². The van der Waals surface area contributed by atoms with Gasteiger partial charge in [-0.1, -0.05) is 72.3 Å². The van der Waals surface area contributed by atoms with Crippen molar-refractivity contribution in [3.8, 4) is 21.6 Å².